The number of anilines is 1. The number of nitrogens with two attached hydrogens (primary N) is 1. The second kappa shape index (κ2) is 9.85. The van der Waals surface area contributed by atoms with E-state index in [0.717, 1.165) is 0 Å². The zero-order valence-electron chi connectivity index (χ0n) is 21.5. The van der Waals surface area contributed by atoms with Crippen LogP contribution in [0.3, 0.4) is 0 Å². The van der Waals surface area contributed by atoms with Gasteiger partial charge in [0.25, 0.3) is 11.5 Å². The van der Waals surface area contributed by atoms with Gasteiger partial charge in [-0.25, -0.2) is 4.98 Å². The van der Waals surface area contributed by atoms with Crippen LogP contribution >= 0.6 is 0 Å². The Morgan fingerprint density at radius 2 is 1.93 bits per heavy atom. The zero-order valence-corrected chi connectivity index (χ0v) is 21.5. The van der Waals surface area contributed by atoms with Crippen molar-refractivity contribution in [1.29, 1.82) is 0 Å². The maximum Gasteiger partial charge on any atom is 0.270 e. The fraction of sp³-hybridized carbons (Fsp3) is 0.103. The molecular formula is C29H22N8O3. The Labute approximate surface area is 227 Å². The Bertz CT molecular complexity index is 2030. The second-order valence-electron chi connectivity index (χ2n) is 9.08. The average molecular weight is 531 g/mol. The summed E-state index contributed by atoms with van der Waals surface area (Å²) in [5.41, 5.74) is 8.02. The van der Waals surface area contributed by atoms with Gasteiger partial charge in [0.1, 0.15) is 28.9 Å². The number of furan rings is 1. The summed E-state index contributed by atoms with van der Waals surface area (Å²) >= 11 is 0. The van der Waals surface area contributed by atoms with E-state index in [-0.39, 0.29) is 33.9 Å². The SMILES string of the molecule is CC(NC(=O)c1c(N)ncc2cccnc12)c1nc2occ(C#Cc3cnn(C)c3)c2c(=O)n1-c1ccccc1. The van der Waals surface area contributed by atoms with E-state index >= 15 is 0 Å². The van der Waals surface area contributed by atoms with Crippen molar-refractivity contribution < 1.29 is 9.21 Å². The number of hydrogen-bond acceptors (Lipinski definition) is 8. The summed E-state index contributed by atoms with van der Waals surface area (Å²) in [4.78, 5) is 40.5. The van der Waals surface area contributed by atoms with Gasteiger partial charge >= 0.3 is 0 Å². The number of aromatic nitrogens is 6. The van der Waals surface area contributed by atoms with Crippen molar-refractivity contribution in [1.82, 2.24) is 34.6 Å². The molecule has 0 aliphatic carbocycles. The fourth-order valence-corrected chi connectivity index (χ4v) is 4.45. The van der Waals surface area contributed by atoms with Gasteiger partial charge in [-0.15, -0.1) is 0 Å². The van der Waals surface area contributed by atoms with Gasteiger partial charge in [0, 0.05) is 31.0 Å². The number of nitrogens with one attached hydrogen (secondary N) is 1. The summed E-state index contributed by atoms with van der Waals surface area (Å²) < 4.78 is 8.76. The van der Waals surface area contributed by atoms with Gasteiger partial charge in [-0.1, -0.05) is 30.0 Å². The maximum absolute atomic E-state index is 14.0. The third-order valence-corrected chi connectivity index (χ3v) is 6.33. The van der Waals surface area contributed by atoms with Crippen LogP contribution in [0.5, 0.6) is 0 Å². The molecule has 0 radical (unpaired) electrons. The van der Waals surface area contributed by atoms with E-state index in [9.17, 15) is 9.59 Å². The van der Waals surface area contributed by atoms with Gasteiger partial charge in [0.15, 0.2) is 0 Å². The summed E-state index contributed by atoms with van der Waals surface area (Å²) in [6.07, 6.45) is 7.94. The highest BCUT2D eigenvalue weighted by molar-refractivity contribution is 6.09. The minimum absolute atomic E-state index is 0.0441. The third-order valence-electron chi connectivity index (χ3n) is 6.33. The lowest BCUT2D eigenvalue weighted by atomic mass is 10.1. The number of hydrogen-bond donors (Lipinski definition) is 2. The van der Waals surface area contributed by atoms with Crippen molar-refractivity contribution in [3.63, 3.8) is 0 Å². The van der Waals surface area contributed by atoms with Gasteiger partial charge in [0.2, 0.25) is 5.71 Å². The molecule has 196 valence electrons. The van der Waals surface area contributed by atoms with Crippen LogP contribution in [0, 0.1) is 11.8 Å². The highest BCUT2D eigenvalue weighted by Crippen LogP contribution is 2.24. The summed E-state index contributed by atoms with van der Waals surface area (Å²) in [5, 5.41) is 7.92. The van der Waals surface area contributed by atoms with Crippen molar-refractivity contribution in [2.75, 3.05) is 5.73 Å². The molecule has 0 aliphatic rings. The topological polar surface area (TPSA) is 147 Å². The molecule has 6 aromatic rings. The third kappa shape index (κ3) is 4.33. The number of carbonyl (C=O) groups is 1. The van der Waals surface area contributed by atoms with Crippen molar-refractivity contribution in [2.45, 2.75) is 13.0 Å². The molecule has 40 heavy (non-hydrogen) atoms. The normalized spacial score (nSPS) is 11.8. The number of fused-ring (bicyclic) bond motifs is 2. The quantitative estimate of drug-likeness (QED) is 0.331. The average Bonchev–Trinajstić information content (AvgIpc) is 3.57. The first kappa shape index (κ1) is 24.6. The predicted octanol–water partition coefficient (Wildman–Crippen LogP) is 3.13. The number of rotatable bonds is 4. The number of nitrogens with zero attached hydrogens (tertiary/aromatic N) is 6. The number of nitrogen functional groups attached to an aromatic ring is 1. The summed E-state index contributed by atoms with van der Waals surface area (Å²) in [6.45, 7) is 1.72. The van der Waals surface area contributed by atoms with Crippen LogP contribution in [0.15, 0.2) is 82.7 Å². The first-order chi connectivity index (χ1) is 19.4. The predicted molar refractivity (Wildman–Crippen MR) is 149 cm³/mol. The fourth-order valence-electron chi connectivity index (χ4n) is 4.45. The Hall–Kier alpha value is -5.76. The first-order valence-corrected chi connectivity index (χ1v) is 12.3. The summed E-state index contributed by atoms with van der Waals surface area (Å²) in [5.74, 6) is 5.80. The van der Waals surface area contributed by atoms with E-state index in [0.29, 0.717) is 27.7 Å². The maximum atomic E-state index is 14.0. The van der Waals surface area contributed by atoms with Crippen LogP contribution in [-0.4, -0.2) is 35.2 Å². The van der Waals surface area contributed by atoms with Gasteiger partial charge in [-0.2, -0.15) is 10.1 Å². The molecule has 11 heteroatoms. The van der Waals surface area contributed by atoms with E-state index in [4.69, 9.17) is 10.2 Å². The number of carbonyl (C=O) groups excluding carboxylic acids is 1. The molecular weight excluding hydrogens is 508 g/mol. The molecule has 0 saturated carbocycles. The molecule has 1 atom stereocenters. The van der Waals surface area contributed by atoms with Crippen LogP contribution < -0.4 is 16.6 Å². The van der Waals surface area contributed by atoms with Crippen molar-refractivity contribution in [3.05, 3.63) is 106 Å². The number of para-hydroxylation sites is 1. The van der Waals surface area contributed by atoms with E-state index in [1.165, 1.54) is 10.8 Å². The van der Waals surface area contributed by atoms with Crippen LogP contribution in [0.2, 0.25) is 0 Å². The van der Waals surface area contributed by atoms with Gasteiger partial charge in [-0.3, -0.25) is 23.8 Å². The smallest absolute Gasteiger partial charge is 0.270 e. The molecule has 0 saturated heterocycles. The number of benzene rings is 1. The Kier molecular flexibility index (Phi) is 6.05. The molecule has 0 spiro atoms. The standard InChI is InChI=1S/C29H22N8O3/c1-17(34-27(38)23-24-19(7-6-12-31-24)14-32-25(23)30)26-35-28-22(29(39)37(26)21-8-4-3-5-9-21)20(16-40-28)11-10-18-13-33-36(2)15-18/h3-9,12-17H,1-2H3,(H2,30,32)(H,34,38). The summed E-state index contributed by atoms with van der Waals surface area (Å²) in [7, 11) is 1.80. The highest BCUT2D eigenvalue weighted by atomic mass is 16.3. The molecule has 1 unspecified atom stereocenters. The van der Waals surface area contributed by atoms with Crippen molar-refractivity contribution in [3.8, 4) is 17.5 Å². The zero-order chi connectivity index (χ0) is 27.8. The largest absolute Gasteiger partial charge is 0.445 e. The van der Waals surface area contributed by atoms with E-state index in [1.54, 1.807) is 67.7 Å². The molecule has 5 aromatic heterocycles. The monoisotopic (exact) mass is 530 g/mol. The number of pyridine rings is 2. The first-order valence-electron chi connectivity index (χ1n) is 12.3. The molecule has 0 aliphatic heterocycles. The molecule has 0 fully saturated rings. The Morgan fingerprint density at radius 3 is 2.70 bits per heavy atom. The van der Waals surface area contributed by atoms with Crippen LogP contribution in [0.25, 0.3) is 27.7 Å². The van der Waals surface area contributed by atoms with Crippen LogP contribution in [-0.2, 0) is 7.05 Å². The summed E-state index contributed by atoms with van der Waals surface area (Å²) in [6, 6.07) is 11.8. The van der Waals surface area contributed by atoms with E-state index < -0.39 is 11.9 Å². The molecule has 3 N–H and O–H groups in total. The van der Waals surface area contributed by atoms with Gasteiger partial charge < -0.3 is 15.5 Å². The Morgan fingerprint density at radius 1 is 1.10 bits per heavy atom. The lowest BCUT2D eigenvalue weighted by molar-refractivity contribution is 0.0940. The molecule has 11 nitrogen and oxygen atoms in total. The number of aryl methyl sites for hydroxylation is 1. The minimum atomic E-state index is -0.738. The highest BCUT2D eigenvalue weighted by Gasteiger charge is 2.25. The lowest BCUT2D eigenvalue weighted by Crippen LogP contribution is -2.33. The molecule has 6 rings (SSSR count). The number of amides is 1. The van der Waals surface area contributed by atoms with Crippen molar-refractivity contribution >= 4 is 33.7 Å². The molecule has 1 amide bonds. The van der Waals surface area contributed by atoms with Crippen molar-refractivity contribution in [2.24, 2.45) is 7.05 Å². The van der Waals surface area contributed by atoms with Crippen LogP contribution in [0.1, 0.15) is 40.3 Å². The van der Waals surface area contributed by atoms with E-state index in [1.807, 2.05) is 18.2 Å². The van der Waals surface area contributed by atoms with E-state index in [2.05, 4.69) is 37.2 Å². The minimum Gasteiger partial charge on any atom is -0.445 e. The molecule has 5 heterocycles. The lowest BCUT2D eigenvalue weighted by Gasteiger charge is -2.19. The van der Waals surface area contributed by atoms with Gasteiger partial charge in [-0.05, 0) is 31.2 Å². The van der Waals surface area contributed by atoms with Gasteiger partial charge in [0.05, 0.1) is 34.6 Å². The molecule has 1 aromatic carbocycles. The Balaban J connectivity index is 1.45. The second-order valence-corrected chi connectivity index (χ2v) is 9.08. The molecule has 0 bridgehead atoms. The van der Waals surface area contributed by atoms with Crippen LogP contribution in [0.4, 0.5) is 5.82 Å².